The van der Waals surface area contributed by atoms with E-state index in [1.165, 1.54) is 0 Å². The summed E-state index contributed by atoms with van der Waals surface area (Å²) < 4.78 is 7.53. The minimum atomic E-state index is -0.344. The average molecular weight is 507 g/mol. The molecule has 4 rings (SSSR count). The number of carbonyl (C=O) groups is 1. The van der Waals surface area contributed by atoms with Crippen molar-refractivity contribution in [3.8, 4) is 16.9 Å². The van der Waals surface area contributed by atoms with E-state index < -0.39 is 0 Å². The minimum absolute atomic E-state index is 0.295. The molecule has 2 heterocycles. The lowest BCUT2D eigenvalue weighted by Gasteiger charge is -2.35. The van der Waals surface area contributed by atoms with Crippen LogP contribution in [0.2, 0.25) is 15.1 Å². The molecule has 0 unspecified atom stereocenters. The quantitative estimate of drug-likeness (QED) is 0.378. The standard InChI is InChI=1S/C25H26Cl3N3O2/c1-4-33-25(32)22-16(2)31(21-10-9-19(27)15-20(21)28)23(17-5-7-18(26)8-6-17)24(22)30-13-11-29(3)12-14-30/h5-10,15H,4,11-14H2,1-3H3. The SMILES string of the molecule is CCOC(=O)c1c(N2CCN(C)CC2)c(-c2ccc(Cl)cc2)n(-c2ccc(Cl)cc2Cl)c1C. The Labute approximate surface area is 209 Å². The molecule has 0 bridgehead atoms. The third kappa shape index (κ3) is 4.73. The fraction of sp³-hybridized carbons (Fsp3) is 0.320. The zero-order chi connectivity index (χ0) is 23.7. The number of nitrogens with zero attached hydrogens (tertiary/aromatic N) is 3. The van der Waals surface area contributed by atoms with Crippen molar-refractivity contribution in [2.75, 3.05) is 44.7 Å². The number of hydrogen-bond acceptors (Lipinski definition) is 4. The van der Waals surface area contributed by atoms with Gasteiger partial charge in [-0.2, -0.15) is 0 Å². The first kappa shape index (κ1) is 24.0. The van der Waals surface area contributed by atoms with Gasteiger partial charge < -0.3 is 19.1 Å². The Morgan fingerprint density at radius 3 is 2.21 bits per heavy atom. The van der Waals surface area contributed by atoms with E-state index in [-0.39, 0.29) is 5.97 Å². The van der Waals surface area contributed by atoms with E-state index in [1.54, 1.807) is 12.1 Å². The Bertz CT molecular complexity index is 1170. The van der Waals surface area contributed by atoms with E-state index in [1.807, 2.05) is 48.7 Å². The normalized spacial score (nSPS) is 14.5. The zero-order valence-electron chi connectivity index (χ0n) is 18.9. The number of hydrogen-bond donors (Lipinski definition) is 0. The van der Waals surface area contributed by atoms with Crippen LogP contribution in [0.15, 0.2) is 42.5 Å². The van der Waals surface area contributed by atoms with Gasteiger partial charge in [0.2, 0.25) is 0 Å². The number of esters is 1. The molecule has 1 saturated heterocycles. The summed E-state index contributed by atoms with van der Waals surface area (Å²) in [5.41, 5.74) is 4.72. The molecule has 33 heavy (non-hydrogen) atoms. The van der Waals surface area contributed by atoms with Gasteiger partial charge in [-0.25, -0.2) is 4.79 Å². The second-order valence-corrected chi connectivity index (χ2v) is 9.39. The Morgan fingerprint density at radius 1 is 0.970 bits per heavy atom. The third-order valence-corrected chi connectivity index (χ3v) is 6.74. The number of likely N-dealkylation sites (N-methyl/N-ethyl adjacent to an activating group) is 1. The van der Waals surface area contributed by atoms with Crippen LogP contribution in [0, 0.1) is 6.92 Å². The van der Waals surface area contributed by atoms with Crippen LogP contribution in [0.4, 0.5) is 5.69 Å². The zero-order valence-corrected chi connectivity index (χ0v) is 21.1. The Kier molecular flexibility index (Phi) is 7.25. The monoisotopic (exact) mass is 505 g/mol. The number of halogens is 3. The molecule has 0 atom stereocenters. The molecule has 8 heteroatoms. The van der Waals surface area contributed by atoms with Gasteiger partial charge in [0.1, 0.15) is 5.56 Å². The van der Waals surface area contributed by atoms with Crippen LogP contribution in [-0.4, -0.2) is 55.3 Å². The van der Waals surface area contributed by atoms with Crippen molar-refractivity contribution in [1.82, 2.24) is 9.47 Å². The largest absolute Gasteiger partial charge is 0.462 e. The first-order valence-corrected chi connectivity index (χ1v) is 12.0. The van der Waals surface area contributed by atoms with E-state index in [4.69, 9.17) is 39.5 Å². The lowest BCUT2D eigenvalue weighted by atomic mass is 10.1. The van der Waals surface area contributed by atoms with Gasteiger partial charge in [0, 0.05) is 47.5 Å². The van der Waals surface area contributed by atoms with Gasteiger partial charge in [0.15, 0.2) is 0 Å². The Hall–Kier alpha value is -2.18. The molecule has 1 aliphatic heterocycles. The molecule has 0 amide bonds. The van der Waals surface area contributed by atoms with Gasteiger partial charge in [-0.1, -0.05) is 46.9 Å². The van der Waals surface area contributed by atoms with Gasteiger partial charge in [0.05, 0.1) is 28.7 Å². The van der Waals surface area contributed by atoms with Crippen molar-refractivity contribution in [3.05, 3.63) is 68.8 Å². The Balaban J connectivity index is 2.05. The highest BCUT2D eigenvalue weighted by Gasteiger charge is 2.32. The number of benzene rings is 2. The highest BCUT2D eigenvalue weighted by atomic mass is 35.5. The molecule has 1 fully saturated rings. The maximum atomic E-state index is 13.3. The lowest BCUT2D eigenvalue weighted by Crippen LogP contribution is -2.45. The summed E-state index contributed by atoms with van der Waals surface area (Å²) in [5.74, 6) is -0.344. The number of carbonyl (C=O) groups excluding carboxylic acids is 1. The van der Waals surface area contributed by atoms with Gasteiger partial charge in [-0.05, 0) is 51.2 Å². The summed E-state index contributed by atoms with van der Waals surface area (Å²) in [6, 6.07) is 13.0. The summed E-state index contributed by atoms with van der Waals surface area (Å²) in [7, 11) is 2.10. The molecule has 0 saturated carbocycles. The molecule has 1 aromatic heterocycles. The van der Waals surface area contributed by atoms with Crippen molar-refractivity contribution < 1.29 is 9.53 Å². The molecule has 0 spiro atoms. The average Bonchev–Trinajstić information content (AvgIpc) is 3.08. The van der Waals surface area contributed by atoms with Crippen molar-refractivity contribution in [3.63, 3.8) is 0 Å². The molecule has 0 aliphatic carbocycles. The maximum Gasteiger partial charge on any atom is 0.342 e. The third-order valence-electron chi connectivity index (χ3n) is 5.95. The summed E-state index contributed by atoms with van der Waals surface area (Å²) in [6.45, 7) is 7.42. The number of ether oxygens (including phenoxy) is 1. The smallest absolute Gasteiger partial charge is 0.342 e. The van der Waals surface area contributed by atoms with E-state index in [0.29, 0.717) is 27.2 Å². The summed E-state index contributed by atoms with van der Waals surface area (Å²) in [5, 5.41) is 1.69. The summed E-state index contributed by atoms with van der Waals surface area (Å²) in [6.07, 6.45) is 0. The Morgan fingerprint density at radius 2 is 1.61 bits per heavy atom. The van der Waals surface area contributed by atoms with Crippen molar-refractivity contribution in [2.45, 2.75) is 13.8 Å². The number of aromatic nitrogens is 1. The number of rotatable bonds is 5. The van der Waals surface area contributed by atoms with Crippen molar-refractivity contribution in [1.29, 1.82) is 0 Å². The number of anilines is 1. The molecule has 3 aromatic rings. The topological polar surface area (TPSA) is 37.7 Å². The van der Waals surface area contributed by atoms with Crippen molar-refractivity contribution in [2.24, 2.45) is 0 Å². The highest BCUT2D eigenvalue weighted by Crippen LogP contribution is 2.43. The van der Waals surface area contributed by atoms with Gasteiger partial charge in [-0.3, -0.25) is 0 Å². The predicted octanol–water partition coefficient (Wildman–Crippen LogP) is 6.34. The minimum Gasteiger partial charge on any atom is -0.462 e. The van der Waals surface area contributed by atoms with E-state index in [9.17, 15) is 4.79 Å². The van der Waals surface area contributed by atoms with Gasteiger partial charge in [-0.15, -0.1) is 0 Å². The second kappa shape index (κ2) is 9.98. The highest BCUT2D eigenvalue weighted by molar-refractivity contribution is 6.35. The van der Waals surface area contributed by atoms with Crippen LogP contribution < -0.4 is 4.90 Å². The van der Waals surface area contributed by atoms with Crippen LogP contribution in [0.1, 0.15) is 23.0 Å². The summed E-state index contributed by atoms with van der Waals surface area (Å²) in [4.78, 5) is 17.8. The first-order valence-electron chi connectivity index (χ1n) is 10.9. The van der Waals surface area contributed by atoms with Crippen LogP contribution in [0.5, 0.6) is 0 Å². The van der Waals surface area contributed by atoms with Crippen LogP contribution in [-0.2, 0) is 4.74 Å². The fourth-order valence-corrected chi connectivity index (χ4v) is 4.92. The molecule has 0 N–H and O–H groups in total. The fourth-order valence-electron chi connectivity index (χ4n) is 4.30. The second-order valence-electron chi connectivity index (χ2n) is 8.11. The summed E-state index contributed by atoms with van der Waals surface area (Å²) >= 11 is 19.1. The molecule has 2 aromatic carbocycles. The number of piperazine rings is 1. The van der Waals surface area contributed by atoms with E-state index in [0.717, 1.165) is 54.5 Å². The van der Waals surface area contributed by atoms with Crippen LogP contribution >= 0.6 is 34.8 Å². The van der Waals surface area contributed by atoms with Crippen LogP contribution in [0.25, 0.3) is 16.9 Å². The molecular weight excluding hydrogens is 481 g/mol. The van der Waals surface area contributed by atoms with Gasteiger partial charge >= 0.3 is 5.97 Å². The lowest BCUT2D eigenvalue weighted by molar-refractivity contribution is 0.0526. The molecule has 174 valence electrons. The van der Waals surface area contributed by atoms with Gasteiger partial charge in [0.25, 0.3) is 0 Å². The molecular formula is C25H26Cl3N3O2. The predicted molar refractivity (Wildman–Crippen MR) is 137 cm³/mol. The van der Waals surface area contributed by atoms with E-state index >= 15 is 0 Å². The van der Waals surface area contributed by atoms with Crippen molar-refractivity contribution >= 4 is 46.5 Å². The maximum absolute atomic E-state index is 13.3. The molecule has 5 nitrogen and oxygen atoms in total. The molecule has 0 radical (unpaired) electrons. The molecule has 1 aliphatic rings. The van der Waals surface area contributed by atoms with E-state index in [2.05, 4.69) is 16.8 Å². The first-order chi connectivity index (χ1) is 15.8. The van der Waals surface area contributed by atoms with Crippen LogP contribution in [0.3, 0.4) is 0 Å².